The van der Waals surface area contributed by atoms with Crippen LogP contribution in [0.25, 0.3) is 0 Å². The maximum atomic E-state index is 8.56. The van der Waals surface area contributed by atoms with Crippen LogP contribution in [-0.2, 0) is 0 Å². The van der Waals surface area contributed by atoms with E-state index in [-0.39, 0.29) is 6.61 Å². The summed E-state index contributed by atoms with van der Waals surface area (Å²) in [6.45, 7) is 3.05. The summed E-state index contributed by atoms with van der Waals surface area (Å²) in [4.78, 5) is 6.35. The van der Waals surface area contributed by atoms with Crippen molar-refractivity contribution >= 4 is 16.9 Å². The first-order chi connectivity index (χ1) is 5.72. The molecule has 0 aromatic rings. The summed E-state index contributed by atoms with van der Waals surface area (Å²) in [5.41, 5.74) is 0. The molecule has 3 nitrogen and oxygen atoms in total. The number of aliphatic imine (C=N–C) groups is 1. The van der Waals surface area contributed by atoms with E-state index in [2.05, 4.69) is 11.9 Å². The highest BCUT2D eigenvalue weighted by Gasteiger charge is 1.99. The van der Waals surface area contributed by atoms with Crippen molar-refractivity contribution in [3.63, 3.8) is 0 Å². The van der Waals surface area contributed by atoms with E-state index >= 15 is 0 Å². The number of nitrogens with zero attached hydrogens (tertiary/aromatic N) is 2. The first-order valence-electron chi connectivity index (χ1n) is 4.17. The number of amidine groups is 1. The van der Waals surface area contributed by atoms with E-state index in [1.54, 1.807) is 11.8 Å². The van der Waals surface area contributed by atoms with Crippen molar-refractivity contribution in [1.82, 2.24) is 4.90 Å². The molecule has 0 unspecified atom stereocenters. The Balaban J connectivity index is 3.82. The zero-order valence-corrected chi connectivity index (χ0v) is 8.89. The third-order valence-corrected chi connectivity index (χ3v) is 2.26. The lowest BCUT2D eigenvalue weighted by Gasteiger charge is -2.13. The average molecular weight is 190 g/mol. The normalized spacial score (nSPS) is 11.8. The van der Waals surface area contributed by atoms with Crippen LogP contribution in [0.1, 0.15) is 13.3 Å². The molecule has 4 heteroatoms. The standard InChI is InChI=1S/C8H18N2OS/c1-4-12-8(10(2)3)9-6-5-7-11/h11H,4-7H2,1-3H3. The number of thioether (sulfide) groups is 1. The van der Waals surface area contributed by atoms with Gasteiger partial charge in [-0.05, 0) is 12.2 Å². The van der Waals surface area contributed by atoms with Gasteiger partial charge in [-0.1, -0.05) is 18.7 Å². The second-order valence-electron chi connectivity index (χ2n) is 2.57. The first kappa shape index (κ1) is 11.8. The zero-order chi connectivity index (χ0) is 9.40. The minimum Gasteiger partial charge on any atom is -0.396 e. The molecule has 0 saturated heterocycles. The monoisotopic (exact) mass is 190 g/mol. The van der Waals surface area contributed by atoms with Gasteiger partial charge in [0.05, 0.1) is 0 Å². The Bertz CT molecular complexity index is 137. The summed E-state index contributed by atoms with van der Waals surface area (Å²) in [5, 5.41) is 9.61. The fraction of sp³-hybridized carbons (Fsp3) is 0.875. The number of aliphatic hydroxyl groups excluding tert-OH is 1. The topological polar surface area (TPSA) is 35.8 Å². The van der Waals surface area contributed by atoms with Crippen molar-refractivity contribution in [2.24, 2.45) is 4.99 Å². The molecular weight excluding hydrogens is 172 g/mol. The molecular formula is C8H18N2OS. The Morgan fingerprint density at radius 1 is 1.50 bits per heavy atom. The largest absolute Gasteiger partial charge is 0.396 e. The van der Waals surface area contributed by atoms with Gasteiger partial charge in [-0.15, -0.1) is 0 Å². The number of hydrogen-bond donors (Lipinski definition) is 1. The van der Waals surface area contributed by atoms with Crippen LogP contribution in [0.2, 0.25) is 0 Å². The van der Waals surface area contributed by atoms with Gasteiger partial charge in [0, 0.05) is 27.2 Å². The van der Waals surface area contributed by atoms with Crippen LogP contribution < -0.4 is 0 Å². The van der Waals surface area contributed by atoms with Crippen molar-refractivity contribution in [2.75, 3.05) is 33.0 Å². The molecule has 0 aliphatic heterocycles. The zero-order valence-electron chi connectivity index (χ0n) is 8.08. The van der Waals surface area contributed by atoms with E-state index in [0.29, 0.717) is 0 Å². The minimum atomic E-state index is 0.223. The lowest BCUT2D eigenvalue weighted by Crippen LogP contribution is -2.19. The SMILES string of the molecule is CCSC(=NCCCO)N(C)C. The Kier molecular flexibility index (Phi) is 7.29. The quantitative estimate of drug-likeness (QED) is 0.409. The van der Waals surface area contributed by atoms with Crippen LogP contribution in [0.15, 0.2) is 4.99 Å². The Morgan fingerprint density at radius 3 is 2.58 bits per heavy atom. The van der Waals surface area contributed by atoms with Crippen molar-refractivity contribution in [3.8, 4) is 0 Å². The average Bonchev–Trinajstić information content (AvgIpc) is 2.03. The fourth-order valence-corrected chi connectivity index (χ4v) is 1.39. The lowest BCUT2D eigenvalue weighted by atomic mass is 10.5. The molecule has 0 rings (SSSR count). The lowest BCUT2D eigenvalue weighted by molar-refractivity contribution is 0.291. The third-order valence-electron chi connectivity index (χ3n) is 1.22. The van der Waals surface area contributed by atoms with Gasteiger partial charge in [0.2, 0.25) is 0 Å². The van der Waals surface area contributed by atoms with Crippen LogP contribution in [0.4, 0.5) is 0 Å². The molecule has 0 heterocycles. The van der Waals surface area contributed by atoms with E-state index in [1.165, 1.54) is 0 Å². The van der Waals surface area contributed by atoms with Crippen molar-refractivity contribution in [2.45, 2.75) is 13.3 Å². The van der Waals surface area contributed by atoms with E-state index in [4.69, 9.17) is 5.11 Å². The molecule has 0 saturated carbocycles. The predicted molar refractivity (Wildman–Crippen MR) is 55.8 cm³/mol. The van der Waals surface area contributed by atoms with Gasteiger partial charge in [0.25, 0.3) is 0 Å². The molecule has 0 aromatic heterocycles. The molecule has 0 aliphatic rings. The van der Waals surface area contributed by atoms with Gasteiger partial charge in [-0.25, -0.2) is 0 Å². The summed E-state index contributed by atoms with van der Waals surface area (Å²) >= 11 is 1.73. The molecule has 0 spiro atoms. The molecule has 0 aromatic carbocycles. The van der Waals surface area contributed by atoms with E-state index in [0.717, 1.165) is 23.9 Å². The van der Waals surface area contributed by atoms with Gasteiger partial charge in [-0.2, -0.15) is 0 Å². The van der Waals surface area contributed by atoms with Gasteiger partial charge in [-0.3, -0.25) is 4.99 Å². The summed E-state index contributed by atoms with van der Waals surface area (Å²) in [6, 6.07) is 0. The van der Waals surface area contributed by atoms with Gasteiger partial charge in [0.15, 0.2) is 5.17 Å². The van der Waals surface area contributed by atoms with E-state index in [9.17, 15) is 0 Å². The second-order valence-corrected chi connectivity index (χ2v) is 3.80. The Morgan fingerprint density at radius 2 is 2.17 bits per heavy atom. The maximum absolute atomic E-state index is 8.56. The Hall–Kier alpha value is -0.220. The predicted octanol–water partition coefficient (Wildman–Crippen LogP) is 1.04. The molecule has 1 N–H and O–H groups in total. The fourth-order valence-electron chi connectivity index (χ4n) is 0.691. The van der Waals surface area contributed by atoms with Crippen molar-refractivity contribution in [1.29, 1.82) is 0 Å². The minimum absolute atomic E-state index is 0.223. The van der Waals surface area contributed by atoms with Crippen LogP contribution in [-0.4, -0.2) is 48.2 Å². The molecule has 72 valence electrons. The van der Waals surface area contributed by atoms with Crippen molar-refractivity contribution in [3.05, 3.63) is 0 Å². The molecule has 0 radical (unpaired) electrons. The van der Waals surface area contributed by atoms with Crippen LogP contribution in [0, 0.1) is 0 Å². The third kappa shape index (κ3) is 5.43. The summed E-state index contributed by atoms with van der Waals surface area (Å²) in [6.07, 6.45) is 0.752. The molecule has 0 fully saturated rings. The highest BCUT2D eigenvalue weighted by Crippen LogP contribution is 2.05. The van der Waals surface area contributed by atoms with E-state index < -0.39 is 0 Å². The summed E-state index contributed by atoms with van der Waals surface area (Å²) in [7, 11) is 3.97. The number of aliphatic hydroxyl groups is 1. The van der Waals surface area contributed by atoms with Crippen molar-refractivity contribution < 1.29 is 5.11 Å². The highest BCUT2D eigenvalue weighted by molar-refractivity contribution is 8.13. The smallest absolute Gasteiger partial charge is 0.158 e. The molecule has 12 heavy (non-hydrogen) atoms. The van der Waals surface area contributed by atoms with Crippen LogP contribution in [0.5, 0.6) is 0 Å². The molecule has 0 aliphatic carbocycles. The van der Waals surface area contributed by atoms with Crippen LogP contribution >= 0.6 is 11.8 Å². The van der Waals surface area contributed by atoms with Gasteiger partial charge >= 0.3 is 0 Å². The maximum Gasteiger partial charge on any atom is 0.158 e. The molecule has 0 atom stereocenters. The Labute approximate surface area is 78.9 Å². The first-order valence-corrected chi connectivity index (χ1v) is 5.16. The van der Waals surface area contributed by atoms with Gasteiger partial charge < -0.3 is 10.0 Å². The highest BCUT2D eigenvalue weighted by atomic mass is 32.2. The van der Waals surface area contributed by atoms with Gasteiger partial charge in [0.1, 0.15) is 0 Å². The number of rotatable bonds is 4. The second kappa shape index (κ2) is 7.43. The van der Waals surface area contributed by atoms with E-state index in [1.807, 2.05) is 19.0 Å². The summed E-state index contributed by atoms with van der Waals surface area (Å²) in [5.74, 6) is 1.04. The summed E-state index contributed by atoms with van der Waals surface area (Å²) < 4.78 is 0. The molecule has 0 bridgehead atoms. The number of hydrogen-bond acceptors (Lipinski definition) is 3. The molecule has 0 amide bonds. The van der Waals surface area contributed by atoms with Crippen LogP contribution in [0.3, 0.4) is 0 Å².